The largest absolute Gasteiger partial charge is 0.480 e. The van der Waals surface area contributed by atoms with E-state index in [1.54, 1.807) is 34.6 Å². The van der Waals surface area contributed by atoms with Crippen LogP contribution in [0.15, 0.2) is 0 Å². The lowest BCUT2D eigenvalue weighted by Gasteiger charge is -2.29. The molecule has 7 nitrogen and oxygen atoms in total. The van der Waals surface area contributed by atoms with Crippen LogP contribution in [0.25, 0.3) is 0 Å². The summed E-state index contributed by atoms with van der Waals surface area (Å²) in [7, 11) is 0. The minimum atomic E-state index is -1.08. The van der Waals surface area contributed by atoms with Crippen LogP contribution in [0.5, 0.6) is 0 Å². The molecule has 126 valence electrons. The zero-order chi connectivity index (χ0) is 17.1. The summed E-state index contributed by atoms with van der Waals surface area (Å²) < 4.78 is 5.29. The lowest BCUT2D eigenvalue weighted by molar-refractivity contribution is -0.143. The first-order valence-corrected chi connectivity index (χ1v) is 7.55. The van der Waals surface area contributed by atoms with Crippen molar-refractivity contribution in [3.8, 4) is 0 Å². The van der Waals surface area contributed by atoms with Gasteiger partial charge in [0.25, 0.3) is 0 Å². The number of carboxylic acids is 1. The number of aliphatic carboxylic acids is 1. The first-order valence-electron chi connectivity index (χ1n) is 7.55. The monoisotopic (exact) mass is 314 g/mol. The highest BCUT2D eigenvalue weighted by molar-refractivity contribution is 5.89. The van der Waals surface area contributed by atoms with Crippen LogP contribution in [0.3, 0.4) is 0 Å². The minimum Gasteiger partial charge on any atom is -0.480 e. The normalized spacial score (nSPS) is 19.9. The van der Waals surface area contributed by atoms with Gasteiger partial charge < -0.3 is 15.2 Å². The molecule has 1 aliphatic heterocycles. The van der Waals surface area contributed by atoms with E-state index in [9.17, 15) is 14.4 Å². The Morgan fingerprint density at radius 2 is 1.86 bits per heavy atom. The van der Waals surface area contributed by atoms with Crippen LogP contribution < -0.4 is 5.32 Å². The molecule has 2 N–H and O–H groups in total. The van der Waals surface area contributed by atoms with Gasteiger partial charge >= 0.3 is 12.1 Å². The van der Waals surface area contributed by atoms with Gasteiger partial charge in [-0.25, -0.2) is 9.59 Å². The average Bonchev–Trinajstić information content (AvgIpc) is 2.81. The standard InChI is InChI=1S/C15H26N2O5/c1-9(2)11(13(19)20)16-12(18)10-7-6-8-17(10)14(21)22-15(3,4)5/h9-11H,6-8H2,1-5H3,(H,16,18)(H,19,20)/t10-,11-/m0/s1. The van der Waals surface area contributed by atoms with E-state index in [1.165, 1.54) is 4.90 Å². The van der Waals surface area contributed by atoms with Crippen LogP contribution in [-0.4, -0.2) is 52.2 Å². The molecule has 0 unspecified atom stereocenters. The second kappa shape index (κ2) is 6.98. The summed E-state index contributed by atoms with van der Waals surface area (Å²) in [6, 6.07) is -1.64. The predicted octanol–water partition coefficient (Wildman–Crippen LogP) is 1.61. The third kappa shape index (κ3) is 4.89. The van der Waals surface area contributed by atoms with Gasteiger partial charge in [0.05, 0.1) is 0 Å². The van der Waals surface area contributed by atoms with Crippen molar-refractivity contribution >= 4 is 18.0 Å². The van der Waals surface area contributed by atoms with Gasteiger partial charge in [-0.2, -0.15) is 0 Å². The molecule has 2 amide bonds. The van der Waals surface area contributed by atoms with Gasteiger partial charge in [-0.1, -0.05) is 13.8 Å². The van der Waals surface area contributed by atoms with Gasteiger partial charge in [0.15, 0.2) is 0 Å². The SMILES string of the molecule is CC(C)[C@H](NC(=O)[C@@H]1CCCN1C(=O)OC(C)(C)C)C(=O)O. The van der Waals surface area contributed by atoms with Crippen molar-refractivity contribution in [3.63, 3.8) is 0 Å². The number of rotatable bonds is 4. The van der Waals surface area contributed by atoms with E-state index in [0.29, 0.717) is 19.4 Å². The second-order valence-electron chi connectivity index (χ2n) is 6.90. The summed E-state index contributed by atoms with van der Waals surface area (Å²) in [5.41, 5.74) is -0.637. The third-order valence-corrected chi connectivity index (χ3v) is 3.41. The van der Waals surface area contributed by atoms with E-state index in [-0.39, 0.29) is 5.92 Å². The zero-order valence-electron chi connectivity index (χ0n) is 13.9. The summed E-state index contributed by atoms with van der Waals surface area (Å²) in [6.07, 6.45) is 0.660. The fourth-order valence-corrected chi connectivity index (χ4v) is 2.34. The van der Waals surface area contributed by atoms with Gasteiger partial charge in [0.1, 0.15) is 17.7 Å². The fraction of sp³-hybridized carbons (Fsp3) is 0.800. The highest BCUT2D eigenvalue weighted by Crippen LogP contribution is 2.21. The molecule has 0 radical (unpaired) electrons. The molecule has 0 bridgehead atoms. The molecule has 7 heteroatoms. The molecular weight excluding hydrogens is 288 g/mol. The molecule has 0 spiro atoms. The molecule has 0 aromatic carbocycles. The molecule has 1 fully saturated rings. The number of nitrogens with zero attached hydrogens (tertiary/aromatic N) is 1. The highest BCUT2D eigenvalue weighted by atomic mass is 16.6. The Kier molecular flexibility index (Phi) is 5.79. The Morgan fingerprint density at radius 1 is 1.27 bits per heavy atom. The van der Waals surface area contributed by atoms with E-state index in [2.05, 4.69) is 5.32 Å². The number of amides is 2. The molecule has 1 saturated heterocycles. The molecule has 0 aromatic rings. The van der Waals surface area contributed by atoms with Crippen molar-refractivity contribution in [2.75, 3.05) is 6.54 Å². The topological polar surface area (TPSA) is 95.9 Å². The Bertz CT molecular complexity index is 442. The number of carboxylic acid groups (broad SMARTS) is 1. The average molecular weight is 314 g/mol. The van der Waals surface area contributed by atoms with Gasteiger partial charge in [0.2, 0.25) is 5.91 Å². The van der Waals surface area contributed by atoms with Crippen LogP contribution in [0.2, 0.25) is 0 Å². The van der Waals surface area contributed by atoms with E-state index >= 15 is 0 Å². The van der Waals surface area contributed by atoms with E-state index in [0.717, 1.165) is 0 Å². The minimum absolute atomic E-state index is 0.238. The van der Waals surface area contributed by atoms with Crippen molar-refractivity contribution in [1.82, 2.24) is 10.2 Å². The molecule has 1 heterocycles. The number of hydrogen-bond donors (Lipinski definition) is 2. The Balaban J connectivity index is 2.75. The van der Waals surface area contributed by atoms with E-state index in [1.807, 2.05) is 0 Å². The quantitative estimate of drug-likeness (QED) is 0.822. The van der Waals surface area contributed by atoms with E-state index < -0.39 is 35.7 Å². The van der Waals surface area contributed by atoms with E-state index in [4.69, 9.17) is 9.84 Å². The van der Waals surface area contributed by atoms with Crippen molar-refractivity contribution < 1.29 is 24.2 Å². The van der Waals surface area contributed by atoms with Crippen LogP contribution in [0, 0.1) is 5.92 Å². The summed E-state index contributed by atoms with van der Waals surface area (Å²) in [4.78, 5) is 37.0. The number of carbonyl (C=O) groups excluding carboxylic acids is 2. The Morgan fingerprint density at radius 3 is 2.32 bits per heavy atom. The molecule has 0 aromatic heterocycles. The van der Waals surface area contributed by atoms with Gasteiger partial charge in [-0.15, -0.1) is 0 Å². The van der Waals surface area contributed by atoms with Crippen LogP contribution in [0.1, 0.15) is 47.5 Å². The molecule has 0 saturated carbocycles. The maximum Gasteiger partial charge on any atom is 0.410 e. The molecule has 0 aliphatic carbocycles. The zero-order valence-corrected chi connectivity index (χ0v) is 13.9. The maximum atomic E-state index is 12.3. The lowest BCUT2D eigenvalue weighted by Crippen LogP contribution is -2.53. The Hall–Kier alpha value is -1.79. The number of nitrogens with one attached hydrogen (secondary N) is 1. The third-order valence-electron chi connectivity index (χ3n) is 3.41. The maximum absolute atomic E-state index is 12.3. The van der Waals surface area contributed by atoms with Gasteiger partial charge in [-0.05, 0) is 39.5 Å². The van der Waals surface area contributed by atoms with Crippen LogP contribution >= 0.6 is 0 Å². The molecular formula is C15H26N2O5. The smallest absolute Gasteiger partial charge is 0.410 e. The summed E-state index contributed by atoms with van der Waals surface area (Å²) in [5, 5.41) is 11.7. The molecule has 2 atom stereocenters. The fourth-order valence-electron chi connectivity index (χ4n) is 2.34. The lowest BCUT2D eigenvalue weighted by atomic mass is 10.0. The molecule has 22 heavy (non-hydrogen) atoms. The van der Waals surface area contributed by atoms with Crippen LogP contribution in [-0.2, 0) is 14.3 Å². The van der Waals surface area contributed by atoms with Crippen molar-refractivity contribution in [3.05, 3.63) is 0 Å². The number of ether oxygens (including phenoxy) is 1. The van der Waals surface area contributed by atoms with Crippen LogP contribution in [0.4, 0.5) is 4.79 Å². The Labute approximate surface area is 131 Å². The summed E-state index contributed by atoms with van der Waals surface area (Å²) in [6.45, 7) is 9.16. The number of likely N-dealkylation sites (tertiary alicyclic amines) is 1. The molecule has 1 rings (SSSR count). The van der Waals surface area contributed by atoms with Crippen molar-refractivity contribution in [1.29, 1.82) is 0 Å². The van der Waals surface area contributed by atoms with Gasteiger partial charge in [0, 0.05) is 6.54 Å². The second-order valence-corrected chi connectivity index (χ2v) is 6.90. The van der Waals surface area contributed by atoms with Gasteiger partial charge in [-0.3, -0.25) is 9.69 Å². The highest BCUT2D eigenvalue weighted by Gasteiger charge is 2.38. The first kappa shape index (κ1) is 18.3. The van der Waals surface area contributed by atoms with Crippen molar-refractivity contribution in [2.45, 2.75) is 65.1 Å². The number of carbonyl (C=O) groups is 3. The number of hydrogen-bond acceptors (Lipinski definition) is 4. The van der Waals surface area contributed by atoms with Crippen molar-refractivity contribution in [2.24, 2.45) is 5.92 Å². The predicted molar refractivity (Wildman–Crippen MR) is 80.4 cm³/mol. The molecule has 1 aliphatic rings. The summed E-state index contributed by atoms with van der Waals surface area (Å²) >= 11 is 0. The summed E-state index contributed by atoms with van der Waals surface area (Å²) in [5.74, 6) is -1.76. The first-order chi connectivity index (χ1) is 10.0.